The van der Waals surface area contributed by atoms with Crippen LogP contribution in [0.25, 0.3) is 0 Å². The maximum atomic E-state index is 8.98. The van der Waals surface area contributed by atoms with Gasteiger partial charge in [-0.3, -0.25) is 0 Å². The number of rotatable bonds is 15. The van der Waals surface area contributed by atoms with Crippen LogP contribution in [-0.2, 0) is 0 Å². The van der Waals surface area contributed by atoms with Gasteiger partial charge in [0.25, 0.3) is 0 Å². The summed E-state index contributed by atoms with van der Waals surface area (Å²) in [5.74, 6) is 0.341. The minimum atomic E-state index is 0.341. The highest BCUT2D eigenvalue weighted by molar-refractivity contribution is 4.97. The lowest BCUT2D eigenvalue weighted by molar-refractivity contribution is 0.383. The van der Waals surface area contributed by atoms with Gasteiger partial charge in [0.05, 0.1) is 5.76 Å². The first-order chi connectivity index (χ1) is 10.2. The Labute approximate surface area is 133 Å². The van der Waals surface area contributed by atoms with E-state index in [0.29, 0.717) is 5.76 Å². The molecular formula is C20H38O. The Bertz CT molecular complexity index is 265. The van der Waals surface area contributed by atoms with Gasteiger partial charge in [-0.15, -0.1) is 0 Å². The molecule has 1 heteroatoms. The Kier molecular flexibility index (Phi) is 15.1. The van der Waals surface area contributed by atoms with Gasteiger partial charge in [0.15, 0.2) is 0 Å². The molecule has 0 aliphatic heterocycles. The van der Waals surface area contributed by atoms with E-state index in [4.69, 9.17) is 5.11 Å². The van der Waals surface area contributed by atoms with E-state index in [9.17, 15) is 0 Å². The maximum Gasteiger partial charge on any atom is 0.0851 e. The fraction of sp³-hybridized carbons (Fsp3) is 0.800. The van der Waals surface area contributed by atoms with Crippen LogP contribution < -0.4 is 0 Å². The average Bonchev–Trinajstić information content (AvgIpc) is 2.45. The Morgan fingerprint density at radius 1 is 0.810 bits per heavy atom. The summed E-state index contributed by atoms with van der Waals surface area (Å²) in [7, 11) is 0. The summed E-state index contributed by atoms with van der Waals surface area (Å²) in [4.78, 5) is 0. The van der Waals surface area contributed by atoms with Gasteiger partial charge >= 0.3 is 0 Å². The van der Waals surface area contributed by atoms with Gasteiger partial charge in [-0.1, -0.05) is 76.5 Å². The second-order valence-electron chi connectivity index (χ2n) is 6.44. The molecule has 0 saturated heterocycles. The fourth-order valence-electron chi connectivity index (χ4n) is 2.64. The van der Waals surface area contributed by atoms with Crippen LogP contribution in [0.5, 0.6) is 0 Å². The summed E-state index contributed by atoms with van der Waals surface area (Å²) in [5, 5.41) is 8.98. The molecule has 0 aliphatic carbocycles. The van der Waals surface area contributed by atoms with E-state index in [1.54, 1.807) is 5.57 Å². The Hall–Kier alpha value is -0.720. The van der Waals surface area contributed by atoms with Crippen molar-refractivity contribution in [3.63, 3.8) is 0 Å². The Morgan fingerprint density at radius 2 is 1.33 bits per heavy atom. The van der Waals surface area contributed by atoms with Crippen molar-refractivity contribution in [3.05, 3.63) is 24.0 Å². The molecule has 0 aromatic heterocycles. The molecule has 1 nitrogen and oxygen atoms in total. The standard InChI is InChI=1S/C20H38O/c1-4-5-6-13-16-19(2)17-14-11-9-7-8-10-12-15-18-20(3)21/h16,21H,3-15,17-18H2,1-2H3. The molecule has 0 aliphatic rings. The number of unbranched alkanes of at least 4 members (excludes halogenated alkanes) is 10. The van der Waals surface area contributed by atoms with Crippen molar-refractivity contribution in [1.29, 1.82) is 0 Å². The second kappa shape index (κ2) is 15.7. The highest BCUT2D eigenvalue weighted by atomic mass is 16.3. The normalized spacial score (nSPS) is 11.8. The number of hydrogen-bond donors (Lipinski definition) is 1. The molecule has 0 radical (unpaired) electrons. The molecule has 0 amide bonds. The van der Waals surface area contributed by atoms with E-state index in [1.165, 1.54) is 77.0 Å². The van der Waals surface area contributed by atoms with Crippen LogP contribution in [-0.4, -0.2) is 5.11 Å². The van der Waals surface area contributed by atoms with Crippen LogP contribution in [0.1, 0.15) is 104 Å². The minimum Gasteiger partial charge on any atom is -0.513 e. The molecule has 0 rings (SSSR count). The van der Waals surface area contributed by atoms with Gasteiger partial charge in [-0.25, -0.2) is 0 Å². The van der Waals surface area contributed by atoms with Crippen molar-refractivity contribution in [2.75, 3.05) is 0 Å². The van der Waals surface area contributed by atoms with E-state index in [-0.39, 0.29) is 0 Å². The number of aliphatic hydroxyl groups excluding tert-OH is 1. The molecule has 0 fully saturated rings. The number of aliphatic hydroxyl groups is 1. The predicted octanol–water partition coefficient (Wildman–Crippen LogP) is 7.49. The molecule has 0 atom stereocenters. The van der Waals surface area contributed by atoms with E-state index in [2.05, 4.69) is 26.5 Å². The smallest absolute Gasteiger partial charge is 0.0851 e. The first kappa shape index (κ1) is 20.3. The molecule has 0 saturated carbocycles. The average molecular weight is 295 g/mol. The highest BCUT2D eigenvalue weighted by Crippen LogP contribution is 2.14. The van der Waals surface area contributed by atoms with E-state index >= 15 is 0 Å². The molecule has 124 valence electrons. The summed E-state index contributed by atoms with van der Waals surface area (Å²) < 4.78 is 0. The Morgan fingerprint density at radius 3 is 1.86 bits per heavy atom. The van der Waals surface area contributed by atoms with Crippen LogP contribution in [0.4, 0.5) is 0 Å². The van der Waals surface area contributed by atoms with Gasteiger partial charge in [0, 0.05) is 6.42 Å². The van der Waals surface area contributed by atoms with Crippen molar-refractivity contribution in [2.45, 2.75) is 104 Å². The van der Waals surface area contributed by atoms with Crippen LogP contribution in [0.15, 0.2) is 24.0 Å². The topological polar surface area (TPSA) is 20.2 Å². The summed E-state index contributed by atoms with van der Waals surface area (Å²) in [5.41, 5.74) is 1.59. The summed E-state index contributed by atoms with van der Waals surface area (Å²) in [6.45, 7) is 8.07. The van der Waals surface area contributed by atoms with Crippen molar-refractivity contribution in [1.82, 2.24) is 0 Å². The van der Waals surface area contributed by atoms with Crippen molar-refractivity contribution in [3.8, 4) is 0 Å². The van der Waals surface area contributed by atoms with E-state index in [1.807, 2.05) is 0 Å². The van der Waals surface area contributed by atoms with Gasteiger partial charge < -0.3 is 5.11 Å². The quantitative estimate of drug-likeness (QED) is 0.188. The second-order valence-corrected chi connectivity index (χ2v) is 6.44. The first-order valence-electron chi connectivity index (χ1n) is 9.19. The van der Waals surface area contributed by atoms with Gasteiger partial charge in [-0.05, 0) is 39.0 Å². The zero-order valence-corrected chi connectivity index (χ0v) is 14.6. The van der Waals surface area contributed by atoms with Gasteiger partial charge in [0.1, 0.15) is 0 Å². The highest BCUT2D eigenvalue weighted by Gasteiger charge is 1.95. The van der Waals surface area contributed by atoms with Crippen molar-refractivity contribution < 1.29 is 5.11 Å². The molecule has 0 bridgehead atoms. The predicted molar refractivity (Wildman–Crippen MR) is 95.8 cm³/mol. The zero-order valence-electron chi connectivity index (χ0n) is 14.6. The molecule has 0 aromatic carbocycles. The van der Waals surface area contributed by atoms with Crippen molar-refractivity contribution in [2.24, 2.45) is 0 Å². The van der Waals surface area contributed by atoms with Crippen LogP contribution in [0.3, 0.4) is 0 Å². The molecule has 0 aromatic rings. The van der Waals surface area contributed by atoms with Gasteiger partial charge in [0.2, 0.25) is 0 Å². The maximum absolute atomic E-state index is 8.98. The van der Waals surface area contributed by atoms with Gasteiger partial charge in [-0.2, -0.15) is 0 Å². The lowest BCUT2D eigenvalue weighted by Crippen LogP contribution is -1.84. The third kappa shape index (κ3) is 17.2. The summed E-state index contributed by atoms with van der Waals surface area (Å²) >= 11 is 0. The zero-order chi connectivity index (χ0) is 15.8. The first-order valence-corrected chi connectivity index (χ1v) is 9.19. The fourth-order valence-corrected chi connectivity index (χ4v) is 2.64. The minimum absolute atomic E-state index is 0.341. The lowest BCUT2D eigenvalue weighted by atomic mass is 10.0. The third-order valence-electron chi connectivity index (χ3n) is 4.09. The molecule has 1 N–H and O–H groups in total. The molecular weight excluding hydrogens is 256 g/mol. The molecule has 0 spiro atoms. The van der Waals surface area contributed by atoms with E-state index in [0.717, 1.165) is 12.8 Å². The SMILES string of the molecule is C=C(O)CCCCCCCCCCC(C)=CCCCCC. The van der Waals surface area contributed by atoms with Crippen LogP contribution in [0, 0.1) is 0 Å². The van der Waals surface area contributed by atoms with Crippen LogP contribution in [0.2, 0.25) is 0 Å². The van der Waals surface area contributed by atoms with Crippen LogP contribution >= 0.6 is 0 Å². The summed E-state index contributed by atoms with van der Waals surface area (Å²) in [6.07, 6.45) is 20.3. The molecule has 21 heavy (non-hydrogen) atoms. The third-order valence-corrected chi connectivity index (χ3v) is 4.09. The Balaban J connectivity index is 3.22. The summed E-state index contributed by atoms with van der Waals surface area (Å²) in [6, 6.07) is 0. The molecule has 0 unspecified atom stereocenters. The largest absolute Gasteiger partial charge is 0.513 e. The monoisotopic (exact) mass is 294 g/mol. The van der Waals surface area contributed by atoms with Crippen molar-refractivity contribution >= 4 is 0 Å². The molecule has 0 heterocycles. The van der Waals surface area contributed by atoms with E-state index < -0.39 is 0 Å². The number of hydrogen-bond acceptors (Lipinski definition) is 1. The number of allylic oxidation sites excluding steroid dienone is 3. The lowest BCUT2D eigenvalue weighted by Gasteiger charge is -2.03.